The Labute approximate surface area is 140 Å². The number of fused-ring (bicyclic) bond motifs is 3. The number of hydrogen-bond acceptors (Lipinski definition) is 3. The van der Waals surface area contributed by atoms with Gasteiger partial charge in [-0.05, 0) is 63.0 Å². The first-order valence-electron chi connectivity index (χ1n) is 8.53. The van der Waals surface area contributed by atoms with Gasteiger partial charge in [0.25, 0.3) is 5.91 Å². The molecule has 3 saturated heterocycles. The van der Waals surface area contributed by atoms with Crippen molar-refractivity contribution in [2.75, 3.05) is 13.1 Å². The summed E-state index contributed by atoms with van der Waals surface area (Å²) in [4.78, 5) is 15.0. The zero-order chi connectivity index (χ0) is 16.7. The van der Waals surface area contributed by atoms with Gasteiger partial charge in [-0.15, -0.1) is 0 Å². The van der Waals surface area contributed by atoms with E-state index in [1.54, 1.807) is 30.3 Å². The summed E-state index contributed by atoms with van der Waals surface area (Å²) in [6.07, 6.45) is 2.27. The monoisotopic (exact) mass is 328 g/mol. The van der Waals surface area contributed by atoms with Crippen LogP contribution in [0.2, 0.25) is 0 Å². The minimum absolute atomic E-state index is 0.155. The highest BCUT2D eigenvalue weighted by Crippen LogP contribution is 2.32. The van der Waals surface area contributed by atoms with Crippen LogP contribution < -0.4 is 5.32 Å². The van der Waals surface area contributed by atoms with Gasteiger partial charge in [0.15, 0.2) is 5.76 Å². The molecule has 4 heterocycles. The number of nitrogens with zero attached hydrogens (tertiary/aromatic N) is 1. The lowest BCUT2D eigenvalue weighted by Gasteiger charge is -2.49. The van der Waals surface area contributed by atoms with E-state index in [4.69, 9.17) is 4.42 Å². The maximum absolute atomic E-state index is 13.8. The molecule has 0 aliphatic carbocycles. The van der Waals surface area contributed by atoms with Crippen LogP contribution in [-0.2, 0) is 0 Å². The van der Waals surface area contributed by atoms with Crippen molar-refractivity contribution < 1.29 is 13.6 Å². The number of nitrogens with one attached hydrogen (secondary N) is 1. The van der Waals surface area contributed by atoms with Crippen LogP contribution in [-0.4, -0.2) is 36.0 Å². The van der Waals surface area contributed by atoms with Crippen molar-refractivity contribution in [3.8, 4) is 11.3 Å². The lowest BCUT2D eigenvalue weighted by molar-refractivity contribution is 0.0211. The molecule has 0 unspecified atom stereocenters. The molecule has 2 atom stereocenters. The van der Waals surface area contributed by atoms with Crippen molar-refractivity contribution in [3.63, 3.8) is 0 Å². The maximum Gasteiger partial charge on any atom is 0.287 e. The van der Waals surface area contributed by atoms with Crippen LogP contribution in [0.1, 0.15) is 30.3 Å². The Kier molecular flexibility index (Phi) is 3.88. The van der Waals surface area contributed by atoms with Gasteiger partial charge in [0.05, 0.1) is 5.56 Å². The fourth-order valence-electron chi connectivity index (χ4n) is 4.03. The topological polar surface area (TPSA) is 45.5 Å². The van der Waals surface area contributed by atoms with E-state index >= 15 is 0 Å². The fraction of sp³-hybridized carbons (Fsp3) is 0.421. The van der Waals surface area contributed by atoms with Gasteiger partial charge in [-0.3, -0.25) is 9.69 Å². The molecule has 4 nitrogen and oxygen atoms in total. The zero-order valence-corrected chi connectivity index (χ0v) is 13.7. The molecule has 126 valence electrons. The molecule has 1 aromatic carbocycles. The lowest BCUT2D eigenvalue weighted by Crippen LogP contribution is -2.62. The standard InChI is InChI=1S/C19H21FN2O2/c1-12-18(13-8-10-22(12)11-9-13)21-19(23)17-7-6-16(24-17)14-4-2-3-5-15(14)20/h2-7,12-13,18H,8-11H2,1H3,(H,21,23)/t12-,18-/m0/s1/i20+0. The minimum atomic E-state index is -0.357. The molecule has 0 spiro atoms. The fourth-order valence-corrected chi connectivity index (χ4v) is 4.03. The van der Waals surface area contributed by atoms with E-state index in [2.05, 4.69) is 17.1 Å². The van der Waals surface area contributed by atoms with E-state index in [1.807, 2.05) is 0 Å². The number of benzene rings is 1. The third-order valence-electron chi connectivity index (χ3n) is 5.44. The van der Waals surface area contributed by atoms with Crippen LogP contribution in [0.15, 0.2) is 40.8 Å². The van der Waals surface area contributed by atoms with Crippen molar-refractivity contribution in [2.45, 2.75) is 31.8 Å². The SMILES string of the molecule is C[C@H]1[C@H](NC(=O)c2ccc(-c3ccccc3[19F])o2)C2CCN1CC2. The molecular weight excluding hydrogens is 307 g/mol. The second-order valence-electron chi connectivity index (χ2n) is 6.76. The summed E-state index contributed by atoms with van der Waals surface area (Å²) in [5, 5.41) is 3.13. The summed E-state index contributed by atoms with van der Waals surface area (Å²) in [5.74, 6) is 0.570. The average Bonchev–Trinajstić information content (AvgIpc) is 3.09. The van der Waals surface area contributed by atoms with Crippen LogP contribution >= 0.6 is 0 Å². The van der Waals surface area contributed by atoms with Crippen LogP contribution in [0, 0.1) is 11.7 Å². The molecule has 24 heavy (non-hydrogen) atoms. The first-order valence-corrected chi connectivity index (χ1v) is 8.53. The second kappa shape index (κ2) is 6.06. The highest BCUT2D eigenvalue weighted by Gasteiger charge is 2.40. The summed E-state index contributed by atoms with van der Waals surface area (Å²) < 4.78 is 19.4. The van der Waals surface area contributed by atoms with Crippen molar-refractivity contribution >= 4 is 5.91 Å². The molecule has 5 rings (SSSR count). The minimum Gasteiger partial charge on any atom is -0.451 e. The third-order valence-corrected chi connectivity index (χ3v) is 5.44. The van der Waals surface area contributed by atoms with Crippen molar-refractivity contribution in [1.82, 2.24) is 10.2 Å². The number of piperidine rings is 3. The van der Waals surface area contributed by atoms with Crippen molar-refractivity contribution in [1.29, 1.82) is 0 Å². The highest BCUT2D eigenvalue weighted by atomic mass is 19.1. The van der Waals surface area contributed by atoms with Gasteiger partial charge in [0.2, 0.25) is 0 Å². The Morgan fingerprint density at radius 3 is 2.67 bits per heavy atom. The maximum atomic E-state index is 13.8. The molecule has 5 heteroatoms. The highest BCUT2D eigenvalue weighted by molar-refractivity contribution is 5.92. The Balaban J connectivity index is 1.51. The van der Waals surface area contributed by atoms with Gasteiger partial charge in [0.1, 0.15) is 11.6 Å². The first kappa shape index (κ1) is 15.4. The molecule has 3 aliphatic heterocycles. The largest absolute Gasteiger partial charge is 0.451 e. The number of rotatable bonds is 3. The van der Waals surface area contributed by atoms with Crippen LogP contribution in [0.4, 0.5) is 4.39 Å². The molecule has 1 aromatic heterocycles. The molecule has 0 radical (unpaired) electrons. The first-order chi connectivity index (χ1) is 11.6. The number of amides is 1. The molecular formula is C19H21FN2O2. The number of hydrogen-bond donors (Lipinski definition) is 1. The number of carbonyl (C=O) groups is 1. The predicted octanol–water partition coefficient (Wildman–Crippen LogP) is 3.30. The van der Waals surface area contributed by atoms with Gasteiger partial charge in [-0.25, -0.2) is 4.39 Å². The van der Waals surface area contributed by atoms with Gasteiger partial charge < -0.3 is 9.73 Å². The smallest absolute Gasteiger partial charge is 0.287 e. The van der Waals surface area contributed by atoms with E-state index in [-0.39, 0.29) is 23.5 Å². The van der Waals surface area contributed by atoms with E-state index in [9.17, 15) is 9.18 Å². The zero-order valence-electron chi connectivity index (χ0n) is 13.7. The molecule has 3 fully saturated rings. The Hall–Kier alpha value is -2.14. The number of carbonyl (C=O) groups excluding carboxylic acids is 1. The molecule has 0 saturated carbocycles. The van der Waals surface area contributed by atoms with E-state index in [1.165, 1.54) is 6.07 Å². The van der Waals surface area contributed by atoms with E-state index < -0.39 is 0 Å². The van der Waals surface area contributed by atoms with E-state index in [0.717, 1.165) is 25.9 Å². The van der Waals surface area contributed by atoms with Crippen LogP contribution in [0.5, 0.6) is 0 Å². The molecule has 2 bridgehead atoms. The molecule has 2 aromatic rings. The van der Waals surface area contributed by atoms with Gasteiger partial charge >= 0.3 is 0 Å². The van der Waals surface area contributed by atoms with Gasteiger partial charge in [0, 0.05) is 12.1 Å². The predicted molar refractivity (Wildman–Crippen MR) is 89.1 cm³/mol. The van der Waals surface area contributed by atoms with Crippen LogP contribution in [0.25, 0.3) is 11.3 Å². The summed E-state index contributed by atoms with van der Waals surface area (Å²) in [5.41, 5.74) is 0.368. The molecule has 3 aliphatic rings. The van der Waals surface area contributed by atoms with Gasteiger partial charge in [-0.1, -0.05) is 12.1 Å². The summed E-state index contributed by atoms with van der Waals surface area (Å²) in [6, 6.07) is 10.2. The Bertz CT molecular complexity index is 747. The Morgan fingerprint density at radius 1 is 1.21 bits per heavy atom. The average molecular weight is 328 g/mol. The summed E-state index contributed by atoms with van der Waals surface area (Å²) in [7, 11) is 0. The van der Waals surface area contributed by atoms with E-state index in [0.29, 0.717) is 23.3 Å². The lowest BCUT2D eigenvalue weighted by atomic mass is 9.79. The number of halogens is 1. The Morgan fingerprint density at radius 2 is 1.96 bits per heavy atom. The third kappa shape index (κ3) is 2.63. The van der Waals surface area contributed by atoms with Crippen LogP contribution in [0.3, 0.4) is 0 Å². The molecule has 1 N–H and O–H groups in total. The van der Waals surface area contributed by atoms with Crippen molar-refractivity contribution in [2.24, 2.45) is 5.92 Å². The normalized spacial score (nSPS) is 28.8. The van der Waals surface area contributed by atoms with Gasteiger partial charge in [-0.2, -0.15) is 0 Å². The van der Waals surface area contributed by atoms with Crippen molar-refractivity contribution in [3.05, 3.63) is 48.0 Å². The second-order valence-corrected chi connectivity index (χ2v) is 6.76. The quantitative estimate of drug-likeness (QED) is 0.940. The number of furan rings is 1. The molecule has 1 amide bonds. The summed E-state index contributed by atoms with van der Waals surface area (Å²) in [6.45, 7) is 4.41. The summed E-state index contributed by atoms with van der Waals surface area (Å²) >= 11 is 0.